The highest BCUT2D eigenvalue weighted by molar-refractivity contribution is 6.10. The number of nitrogens with one attached hydrogen (secondary N) is 1. The van der Waals surface area contributed by atoms with Crippen LogP contribution in [0.25, 0.3) is 5.69 Å². The number of hydrogen-bond donors (Lipinski definition) is 2. The number of amides is 1. The highest BCUT2D eigenvalue weighted by atomic mass is 16.4. The van der Waals surface area contributed by atoms with E-state index in [1.54, 1.807) is 31.2 Å². The minimum Gasteiger partial charge on any atom is -0.480 e. The van der Waals surface area contributed by atoms with Crippen LogP contribution in [-0.4, -0.2) is 37.2 Å². The van der Waals surface area contributed by atoms with E-state index in [9.17, 15) is 9.59 Å². The fourth-order valence-electron chi connectivity index (χ4n) is 2.10. The average Bonchev–Trinajstić information content (AvgIpc) is 3.17. The van der Waals surface area contributed by atoms with E-state index in [1.165, 1.54) is 4.68 Å². The molecule has 1 amide bonds. The Hall–Kier alpha value is -2.77. The molecule has 2 aromatic rings. The van der Waals surface area contributed by atoms with Crippen LogP contribution in [0.15, 0.2) is 24.3 Å². The minimum absolute atomic E-state index is 0.375. The fraction of sp³-hybridized carbons (Fsp3) is 0.308. The van der Waals surface area contributed by atoms with Crippen molar-refractivity contribution >= 4 is 17.6 Å². The first-order chi connectivity index (χ1) is 10.0. The molecule has 1 aromatic carbocycles. The molecule has 1 aromatic heterocycles. The summed E-state index contributed by atoms with van der Waals surface area (Å²) >= 11 is 0. The van der Waals surface area contributed by atoms with E-state index in [1.807, 2.05) is 0 Å². The maximum atomic E-state index is 12.1. The van der Waals surface area contributed by atoms with Crippen molar-refractivity contribution < 1.29 is 14.7 Å². The van der Waals surface area contributed by atoms with Crippen LogP contribution in [0.1, 0.15) is 18.7 Å². The van der Waals surface area contributed by atoms with Crippen LogP contribution in [0.2, 0.25) is 0 Å². The molecule has 3 rings (SSSR count). The van der Waals surface area contributed by atoms with Gasteiger partial charge in [0.15, 0.2) is 5.82 Å². The van der Waals surface area contributed by atoms with Crippen LogP contribution in [0.5, 0.6) is 0 Å². The van der Waals surface area contributed by atoms with Gasteiger partial charge in [0.25, 0.3) is 0 Å². The van der Waals surface area contributed by atoms with Gasteiger partial charge < -0.3 is 10.4 Å². The zero-order chi connectivity index (χ0) is 15.0. The maximum Gasteiger partial charge on any atom is 0.319 e. The van der Waals surface area contributed by atoms with Crippen LogP contribution in [0, 0.1) is 12.3 Å². The summed E-state index contributed by atoms with van der Waals surface area (Å²) in [6.07, 6.45) is 0.750. The van der Waals surface area contributed by atoms with Crippen molar-refractivity contribution in [1.29, 1.82) is 0 Å². The third-order valence-corrected chi connectivity index (χ3v) is 3.57. The number of carbonyl (C=O) groups is 2. The van der Waals surface area contributed by atoms with E-state index in [0.29, 0.717) is 30.0 Å². The second-order valence-electron chi connectivity index (χ2n) is 5.03. The number of aromatic nitrogens is 4. The number of carboxylic acid groups (broad SMARTS) is 1. The predicted molar refractivity (Wildman–Crippen MR) is 71.8 cm³/mol. The van der Waals surface area contributed by atoms with Gasteiger partial charge in [0.05, 0.1) is 5.69 Å². The quantitative estimate of drug-likeness (QED) is 0.804. The van der Waals surface area contributed by atoms with E-state index in [4.69, 9.17) is 5.11 Å². The number of rotatable bonds is 4. The summed E-state index contributed by atoms with van der Waals surface area (Å²) in [5, 5.41) is 22.9. The van der Waals surface area contributed by atoms with E-state index in [2.05, 4.69) is 20.8 Å². The Morgan fingerprint density at radius 2 is 2.14 bits per heavy atom. The van der Waals surface area contributed by atoms with Gasteiger partial charge in [-0.1, -0.05) is 6.07 Å². The first-order valence-corrected chi connectivity index (χ1v) is 6.43. The topological polar surface area (TPSA) is 110 Å². The molecule has 0 unspecified atom stereocenters. The summed E-state index contributed by atoms with van der Waals surface area (Å²) in [6, 6.07) is 6.92. The van der Waals surface area contributed by atoms with Crippen LogP contribution >= 0.6 is 0 Å². The molecule has 0 bridgehead atoms. The molecule has 1 fully saturated rings. The second kappa shape index (κ2) is 4.65. The number of aliphatic carboxylic acids is 1. The van der Waals surface area contributed by atoms with Gasteiger partial charge in [-0.2, -0.15) is 4.68 Å². The Morgan fingerprint density at radius 3 is 2.71 bits per heavy atom. The lowest BCUT2D eigenvalue weighted by Gasteiger charge is -2.11. The molecule has 1 aliphatic carbocycles. The van der Waals surface area contributed by atoms with Crippen molar-refractivity contribution in [3.63, 3.8) is 0 Å². The zero-order valence-electron chi connectivity index (χ0n) is 11.3. The van der Waals surface area contributed by atoms with Crippen LogP contribution in [0.4, 0.5) is 5.69 Å². The van der Waals surface area contributed by atoms with Crippen LogP contribution in [-0.2, 0) is 9.59 Å². The smallest absolute Gasteiger partial charge is 0.319 e. The molecule has 0 radical (unpaired) electrons. The minimum atomic E-state index is -1.26. The standard InChI is InChI=1S/C13H13N5O3/c1-8-15-16-17-18(8)10-4-2-3-9(7-10)14-11(19)13(5-6-13)12(20)21/h2-4,7H,5-6H2,1H3,(H,14,19)(H,20,21). The molecule has 2 N–H and O–H groups in total. The summed E-state index contributed by atoms with van der Waals surface area (Å²) < 4.78 is 1.53. The molecule has 0 spiro atoms. The van der Waals surface area contributed by atoms with Gasteiger partial charge >= 0.3 is 5.97 Å². The lowest BCUT2D eigenvalue weighted by molar-refractivity contribution is -0.147. The normalized spacial score (nSPS) is 15.5. The lowest BCUT2D eigenvalue weighted by atomic mass is 10.1. The van der Waals surface area contributed by atoms with Gasteiger partial charge in [-0.3, -0.25) is 9.59 Å². The van der Waals surface area contributed by atoms with Crippen LogP contribution < -0.4 is 5.32 Å². The first-order valence-electron chi connectivity index (χ1n) is 6.43. The van der Waals surface area contributed by atoms with Gasteiger partial charge in [0.2, 0.25) is 5.91 Å². The lowest BCUT2D eigenvalue weighted by Crippen LogP contribution is -2.31. The number of anilines is 1. The number of tetrazole rings is 1. The Bertz CT molecular complexity index is 720. The molecule has 108 valence electrons. The SMILES string of the molecule is Cc1nnnn1-c1cccc(NC(=O)C2(C(=O)O)CC2)c1. The highest BCUT2D eigenvalue weighted by Gasteiger charge is 2.57. The van der Waals surface area contributed by atoms with Crippen molar-refractivity contribution in [3.8, 4) is 5.69 Å². The van der Waals surface area contributed by atoms with Crippen molar-refractivity contribution in [1.82, 2.24) is 20.2 Å². The molecule has 8 nitrogen and oxygen atoms in total. The molecular formula is C13H13N5O3. The largest absolute Gasteiger partial charge is 0.480 e. The number of carboxylic acids is 1. The average molecular weight is 287 g/mol. The number of hydrogen-bond acceptors (Lipinski definition) is 5. The molecule has 1 saturated carbocycles. The predicted octanol–water partition coefficient (Wildman–Crippen LogP) is 0.774. The number of carbonyl (C=O) groups excluding carboxylic acids is 1. The highest BCUT2D eigenvalue weighted by Crippen LogP contribution is 2.46. The van der Waals surface area contributed by atoms with E-state index in [-0.39, 0.29) is 0 Å². The van der Waals surface area contributed by atoms with Crippen LogP contribution in [0.3, 0.4) is 0 Å². The zero-order valence-corrected chi connectivity index (χ0v) is 11.3. The number of benzene rings is 1. The first kappa shape index (κ1) is 13.2. The molecular weight excluding hydrogens is 274 g/mol. The molecule has 0 saturated heterocycles. The Labute approximate surface area is 119 Å². The van der Waals surface area contributed by atoms with Gasteiger partial charge in [0, 0.05) is 5.69 Å². The summed E-state index contributed by atoms with van der Waals surface area (Å²) in [6.45, 7) is 1.76. The van der Waals surface area contributed by atoms with Crippen molar-refractivity contribution in [2.75, 3.05) is 5.32 Å². The molecule has 0 aliphatic heterocycles. The molecule has 1 aliphatic rings. The fourth-order valence-corrected chi connectivity index (χ4v) is 2.10. The van der Waals surface area contributed by atoms with Crippen molar-refractivity contribution in [2.45, 2.75) is 19.8 Å². The van der Waals surface area contributed by atoms with Gasteiger partial charge in [-0.05, 0) is 48.4 Å². The van der Waals surface area contributed by atoms with Gasteiger partial charge in [0.1, 0.15) is 5.41 Å². The Kier molecular flexibility index (Phi) is 2.93. The Balaban J connectivity index is 1.83. The summed E-state index contributed by atoms with van der Waals surface area (Å²) in [5.74, 6) is -0.948. The molecule has 0 atom stereocenters. The summed E-state index contributed by atoms with van der Waals surface area (Å²) in [5.41, 5.74) is -0.0591. The monoisotopic (exact) mass is 287 g/mol. The maximum absolute atomic E-state index is 12.1. The number of nitrogens with zero attached hydrogens (tertiary/aromatic N) is 4. The van der Waals surface area contributed by atoms with E-state index >= 15 is 0 Å². The number of aryl methyl sites for hydroxylation is 1. The van der Waals surface area contributed by atoms with Crippen molar-refractivity contribution in [2.24, 2.45) is 5.41 Å². The second-order valence-corrected chi connectivity index (χ2v) is 5.03. The van der Waals surface area contributed by atoms with E-state index in [0.717, 1.165) is 0 Å². The Morgan fingerprint density at radius 1 is 1.38 bits per heavy atom. The third-order valence-electron chi connectivity index (χ3n) is 3.57. The molecule has 21 heavy (non-hydrogen) atoms. The van der Waals surface area contributed by atoms with Gasteiger partial charge in [-0.25, -0.2) is 0 Å². The summed E-state index contributed by atoms with van der Waals surface area (Å²) in [7, 11) is 0. The molecule has 8 heteroatoms. The van der Waals surface area contributed by atoms with Gasteiger partial charge in [-0.15, -0.1) is 5.10 Å². The summed E-state index contributed by atoms with van der Waals surface area (Å²) in [4.78, 5) is 23.2. The van der Waals surface area contributed by atoms with E-state index < -0.39 is 17.3 Å². The third kappa shape index (κ3) is 2.24. The molecule has 1 heterocycles. The van der Waals surface area contributed by atoms with Crippen molar-refractivity contribution in [3.05, 3.63) is 30.1 Å².